The number of nitrogens with zero attached hydrogens (tertiary/aromatic N) is 19. The number of aromatic amines is 1. The molecular formula is C100H144Cl2N22O12. The van der Waals surface area contributed by atoms with E-state index in [0.29, 0.717) is 101 Å². The summed E-state index contributed by atoms with van der Waals surface area (Å²) in [6.45, 7) is 46.7. The van der Waals surface area contributed by atoms with Gasteiger partial charge in [0.1, 0.15) is 56.0 Å². The Morgan fingerprint density at radius 3 is 1.15 bits per heavy atom. The maximum atomic E-state index is 12.7. The molecule has 0 bridgehead atoms. The Balaban J connectivity index is 0.000000139. The van der Waals surface area contributed by atoms with Crippen LogP contribution < -0.4 is 26.0 Å². The summed E-state index contributed by atoms with van der Waals surface area (Å²) in [6.07, 6.45) is 30.2. The molecule has 17 heterocycles. The van der Waals surface area contributed by atoms with E-state index in [4.69, 9.17) is 77.0 Å². The smallest absolute Gasteiger partial charge is 0.410 e. The number of amides is 3. The Bertz CT molecular complexity index is 5950. The number of carbonyl (C=O) groups excluding carboxylic acids is 6. The van der Waals surface area contributed by atoms with Gasteiger partial charge in [0.2, 0.25) is 0 Å². The lowest BCUT2D eigenvalue weighted by molar-refractivity contribution is -0.161. The molecule has 10 aromatic rings. The number of ketones is 1. The minimum atomic E-state index is -0.720. The predicted molar refractivity (Wildman–Crippen MR) is 526 cm³/mol. The van der Waals surface area contributed by atoms with Crippen LogP contribution in [-0.2, 0) is 134 Å². The molecule has 740 valence electrons. The van der Waals surface area contributed by atoms with E-state index in [-0.39, 0.29) is 54.5 Å². The number of nitrogens with one attached hydrogen (secondary N) is 3. The number of hydrogen-bond donors (Lipinski definition) is 3. The molecule has 36 heteroatoms. The topological polar surface area (TPSA) is 360 Å². The molecule has 18 rings (SSSR count). The highest BCUT2D eigenvalue weighted by Gasteiger charge is 2.38. The summed E-state index contributed by atoms with van der Waals surface area (Å²) in [7, 11) is 0. The van der Waals surface area contributed by atoms with Crippen molar-refractivity contribution < 1.29 is 52.5 Å². The number of carbonyl (C=O) groups is 6. The van der Waals surface area contributed by atoms with E-state index in [9.17, 15) is 33.6 Å². The number of fused-ring (bicyclic) bond motifs is 10. The highest BCUT2D eigenvalue weighted by Crippen LogP contribution is 2.36. The maximum absolute atomic E-state index is 12.7. The highest BCUT2D eigenvalue weighted by atomic mass is 35.5. The molecule has 0 aromatic carbocycles. The van der Waals surface area contributed by atoms with Gasteiger partial charge in [-0.05, 0) is 225 Å². The summed E-state index contributed by atoms with van der Waals surface area (Å²) in [5.41, 5.74) is 18.8. The molecule has 8 aliphatic rings. The first-order chi connectivity index (χ1) is 64.9. The summed E-state index contributed by atoms with van der Waals surface area (Å²) >= 11 is 13.0. The van der Waals surface area contributed by atoms with Crippen LogP contribution in [0.4, 0.5) is 26.0 Å². The second-order valence-corrected chi connectivity index (χ2v) is 40.9. The second-order valence-electron chi connectivity index (χ2n) is 40.2. The molecular weight excluding hydrogens is 1770 g/mol. The van der Waals surface area contributed by atoms with E-state index in [1.165, 1.54) is 82.6 Å². The number of esters is 2. The van der Waals surface area contributed by atoms with Crippen molar-refractivity contribution in [2.45, 2.75) is 308 Å². The van der Waals surface area contributed by atoms with E-state index >= 15 is 0 Å². The Labute approximate surface area is 808 Å². The first-order valence-electron chi connectivity index (χ1n) is 49.6. The molecule has 1 aliphatic carbocycles. The molecule has 136 heavy (non-hydrogen) atoms. The number of H-pyrrole nitrogens is 1. The number of aromatic nitrogens is 15. The number of anilines is 2. The van der Waals surface area contributed by atoms with Gasteiger partial charge < -0.3 is 58.8 Å². The number of ether oxygens (including phenoxy) is 5. The van der Waals surface area contributed by atoms with Crippen LogP contribution in [0.5, 0.6) is 0 Å². The van der Waals surface area contributed by atoms with Crippen LogP contribution in [-0.4, -0.2) is 244 Å². The van der Waals surface area contributed by atoms with Crippen LogP contribution in [0.1, 0.15) is 273 Å². The third-order valence-electron chi connectivity index (χ3n) is 25.7. The number of halogens is 2. The lowest BCUT2D eigenvalue weighted by Gasteiger charge is -2.31. The van der Waals surface area contributed by atoms with Gasteiger partial charge in [-0.2, -0.15) is 29.4 Å². The summed E-state index contributed by atoms with van der Waals surface area (Å²) < 4.78 is 35.9. The van der Waals surface area contributed by atoms with Gasteiger partial charge >= 0.3 is 30.2 Å². The molecule has 34 nitrogen and oxygen atoms in total. The quantitative estimate of drug-likeness (QED) is 0.0376. The van der Waals surface area contributed by atoms with Gasteiger partial charge in [-0.3, -0.25) is 24.3 Å². The fourth-order valence-electron chi connectivity index (χ4n) is 18.6. The van der Waals surface area contributed by atoms with E-state index < -0.39 is 34.3 Å². The predicted octanol–water partition coefficient (Wildman–Crippen LogP) is 14.7. The number of piperidine rings is 2. The molecule has 3 amide bonds. The van der Waals surface area contributed by atoms with Crippen molar-refractivity contribution in [1.82, 2.24) is 98.3 Å². The van der Waals surface area contributed by atoms with Crippen LogP contribution in [0.25, 0.3) is 28.2 Å². The van der Waals surface area contributed by atoms with Crippen molar-refractivity contribution in [3.63, 3.8) is 0 Å². The molecule has 0 spiro atoms. The SMILES string of the molecule is CCOC(=O)C1CCC(C(=O)OC(C)(C)C)CCC1=O.CCc1c[nH]n2c(=O)c3c(nc12)CCN(C(=O)OC(C)(C)C)CC3.CCc1cnn2c(Cl)c3c(nc12)CCN(C(=O)OC(C)(C)C)CC3.CCc1cnn2c(Cl)c3c(nc12)CCNCC3.CCc1cnn2c(N3CCCCC3)c3c(nc12)CCN(C(=O)OC(C)(C)C)CC3.CCc1cnn2c(N3CCCCC3)c3c(nc12)CCNCC3. The van der Waals surface area contributed by atoms with Gasteiger partial charge in [0.15, 0.2) is 28.2 Å². The first kappa shape index (κ1) is 103. The van der Waals surface area contributed by atoms with Crippen molar-refractivity contribution in [2.24, 2.45) is 11.8 Å². The number of Topliss-reactive ketones (excluding diaryl/α,β-unsaturated/α-hetero) is 1. The van der Waals surface area contributed by atoms with Crippen LogP contribution in [0, 0.1) is 11.8 Å². The molecule has 3 fully saturated rings. The summed E-state index contributed by atoms with van der Waals surface area (Å²) in [5.74, 6) is 0.602. The van der Waals surface area contributed by atoms with Crippen LogP contribution >= 0.6 is 23.2 Å². The summed E-state index contributed by atoms with van der Waals surface area (Å²) in [4.78, 5) is 120. The van der Waals surface area contributed by atoms with Gasteiger partial charge in [-0.25, -0.2) is 52.8 Å². The molecule has 3 N–H and O–H groups in total. The summed E-state index contributed by atoms with van der Waals surface area (Å²) in [6, 6.07) is 0. The fourth-order valence-corrected chi connectivity index (χ4v) is 19.3. The zero-order chi connectivity index (χ0) is 97.7. The molecule has 0 radical (unpaired) electrons. The van der Waals surface area contributed by atoms with Crippen molar-refractivity contribution in [2.75, 3.05) is 108 Å². The molecule has 7 aliphatic heterocycles. The third-order valence-corrected chi connectivity index (χ3v) is 26.5. The van der Waals surface area contributed by atoms with Gasteiger partial charge in [0.05, 0.1) is 65.8 Å². The molecule has 2 unspecified atom stereocenters. The van der Waals surface area contributed by atoms with Crippen LogP contribution in [0.15, 0.2) is 35.8 Å². The van der Waals surface area contributed by atoms with Crippen molar-refractivity contribution in [1.29, 1.82) is 0 Å². The lowest BCUT2D eigenvalue weighted by Crippen LogP contribution is -2.38. The first-order valence-corrected chi connectivity index (χ1v) is 50.4. The van der Waals surface area contributed by atoms with Gasteiger partial charge in [0.25, 0.3) is 5.56 Å². The normalized spacial score (nSPS) is 17.8. The van der Waals surface area contributed by atoms with Crippen LogP contribution in [0.3, 0.4) is 0 Å². The standard InChI is InChI=1S/C22H33N5O2.C17H23ClN4O2.C17H25N5.C17H24N4O3.C15H24O5.C12H15ClN4/c1-5-16-15-23-27-19(16)24-18-10-14-26(21(28)29-22(2,3)4)13-9-17(18)20(27)25-11-7-6-8-12-25;1-5-11-10-19-22-14(18)12-6-8-21(16(23)24-17(2,3)4)9-7-13(12)20-15(11)22;1-2-13-12-19-22-16(13)20-15-7-9-18-8-6-14(15)17(22)21-10-4-3-5-11-21;1-5-11-10-18-21-14(11)19-13-7-9-20(8-6-12(13)15(21)22)16(23)24-17(2,3)4;1-5-19-14(18)11-8-6-10(7-9-12(11)16)13(17)20-15(2,3)4;1-2-8-7-15-17-11(13)9-3-5-14-6-4-10(9)16-12(8)17/h15H,5-14H2,1-4H3;10H,5-9H2,1-4H3;12,18H,2-11H2,1H3;10,18H,5-9H2,1-4H3;10-11H,5-9H2,1-4H3;7,14H,2-6H2,1H3. The lowest BCUT2D eigenvalue weighted by atomic mass is 9.97. The Hall–Kier alpha value is -10.6. The largest absolute Gasteiger partial charge is 0.465 e. The molecule has 2 saturated heterocycles. The number of aryl methyl sites for hydroxylation is 5. The zero-order valence-corrected chi connectivity index (χ0v) is 85.0. The van der Waals surface area contributed by atoms with Crippen molar-refractivity contribution >= 4 is 99.1 Å². The minimum absolute atomic E-state index is 0.0688. The Morgan fingerprint density at radius 2 is 0.721 bits per heavy atom. The Kier molecular flexibility index (Phi) is 34.3. The van der Waals surface area contributed by atoms with E-state index in [0.717, 1.165) is 201 Å². The summed E-state index contributed by atoms with van der Waals surface area (Å²) in [5, 5.41) is 29.3. The fraction of sp³-hybridized carbons (Fsp3) is 0.640. The van der Waals surface area contributed by atoms with Gasteiger partial charge in [-0.15, -0.1) is 0 Å². The minimum Gasteiger partial charge on any atom is -0.465 e. The van der Waals surface area contributed by atoms with Crippen molar-refractivity contribution in [3.8, 4) is 0 Å². The third kappa shape index (κ3) is 25.1. The van der Waals surface area contributed by atoms with Gasteiger partial charge in [0, 0.05) is 179 Å². The highest BCUT2D eigenvalue weighted by molar-refractivity contribution is 6.31. The number of rotatable bonds is 10. The number of hydrogen-bond acceptors (Lipinski definition) is 25. The average Bonchev–Trinajstić information content (AvgIpc) is 1.58. The molecule has 1 saturated carbocycles. The Morgan fingerprint density at radius 1 is 0.375 bits per heavy atom. The molecule has 2 atom stereocenters. The second kappa shape index (κ2) is 45.4. The van der Waals surface area contributed by atoms with E-state index in [1.807, 2.05) is 130 Å². The maximum Gasteiger partial charge on any atom is 0.410 e. The zero-order valence-electron chi connectivity index (χ0n) is 83.5. The van der Waals surface area contributed by atoms with E-state index in [1.54, 1.807) is 25.8 Å². The van der Waals surface area contributed by atoms with Crippen molar-refractivity contribution in [3.05, 3.63) is 136 Å². The van der Waals surface area contributed by atoms with E-state index in [2.05, 4.69) is 72.9 Å². The van der Waals surface area contributed by atoms with Gasteiger partial charge in [-0.1, -0.05) is 57.8 Å². The average molecular weight is 1920 g/mol. The monoisotopic (exact) mass is 1920 g/mol. The van der Waals surface area contributed by atoms with Crippen LogP contribution in [0.2, 0.25) is 10.3 Å². The molecule has 10 aromatic heterocycles.